The summed E-state index contributed by atoms with van der Waals surface area (Å²) in [6, 6.07) is 5.14. The molecule has 1 amide bonds. The van der Waals surface area contributed by atoms with Crippen LogP contribution in [-0.2, 0) is 4.79 Å². The Morgan fingerprint density at radius 1 is 1.35 bits per heavy atom. The number of hydrogen-bond acceptors (Lipinski definition) is 2. The maximum atomic E-state index is 13.5. The number of fused-ring (bicyclic) bond motifs is 1. The summed E-state index contributed by atoms with van der Waals surface area (Å²) in [6.45, 7) is 1.69. The molecular formula is C16H21FN2O. The molecule has 20 heavy (non-hydrogen) atoms. The van der Waals surface area contributed by atoms with Gasteiger partial charge >= 0.3 is 0 Å². The lowest BCUT2D eigenvalue weighted by Crippen LogP contribution is -2.40. The maximum Gasteiger partial charge on any atom is 0.241 e. The van der Waals surface area contributed by atoms with Crippen LogP contribution in [0, 0.1) is 18.7 Å². The Balaban J connectivity index is 1.66. The Kier molecular flexibility index (Phi) is 3.74. The van der Waals surface area contributed by atoms with Gasteiger partial charge in [-0.05, 0) is 44.2 Å². The molecule has 0 aromatic heterocycles. The minimum absolute atomic E-state index is 0.0342. The normalized spacial score (nSPS) is 29.0. The van der Waals surface area contributed by atoms with Crippen molar-refractivity contribution in [3.05, 3.63) is 29.6 Å². The van der Waals surface area contributed by atoms with E-state index in [9.17, 15) is 9.18 Å². The van der Waals surface area contributed by atoms with Crippen molar-refractivity contribution >= 4 is 11.6 Å². The topological polar surface area (TPSA) is 41.1 Å². The number of rotatable bonds is 2. The zero-order valence-electron chi connectivity index (χ0n) is 11.8. The third kappa shape index (κ3) is 2.57. The van der Waals surface area contributed by atoms with Crippen LogP contribution in [0.25, 0.3) is 0 Å². The van der Waals surface area contributed by atoms with Crippen molar-refractivity contribution in [2.24, 2.45) is 5.92 Å². The first kappa shape index (κ1) is 13.6. The summed E-state index contributed by atoms with van der Waals surface area (Å²) in [5, 5.41) is 6.30. The van der Waals surface area contributed by atoms with Crippen LogP contribution in [0.15, 0.2) is 18.2 Å². The number of benzene rings is 1. The third-order valence-electron chi connectivity index (χ3n) is 4.70. The fourth-order valence-electron chi connectivity index (χ4n) is 3.48. The molecule has 108 valence electrons. The first-order chi connectivity index (χ1) is 9.65. The van der Waals surface area contributed by atoms with Gasteiger partial charge in [-0.25, -0.2) is 4.39 Å². The van der Waals surface area contributed by atoms with E-state index in [1.807, 2.05) is 0 Å². The van der Waals surface area contributed by atoms with Gasteiger partial charge in [0.2, 0.25) is 5.91 Å². The number of amides is 1. The maximum absolute atomic E-state index is 13.5. The van der Waals surface area contributed by atoms with Gasteiger partial charge in [-0.3, -0.25) is 4.79 Å². The largest absolute Gasteiger partial charge is 0.324 e. The van der Waals surface area contributed by atoms with Crippen LogP contribution in [0.3, 0.4) is 0 Å². The molecule has 0 radical (unpaired) electrons. The Labute approximate surface area is 118 Å². The Hall–Kier alpha value is -1.42. The summed E-state index contributed by atoms with van der Waals surface area (Å²) in [6.07, 6.45) is 5.84. The van der Waals surface area contributed by atoms with Gasteiger partial charge < -0.3 is 10.6 Å². The molecular weight excluding hydrogens is 255 g/mol. The van der Waals surface area contributed by atoms with Gasteiger partial charge in [0, 0.05) is 17.3 Å². The molecule has 3 rings (SSSR count). The number of anilines is 1. The van der Waals surface area contributed by atoms with E-state index in [1.165, 1.54) is 31.7 Å². The van der Waals surface area contributed by atoms with Crippen molar-refractivity contribution in [3.8, 4) is 0 Å². The highest BCUT2D eigenvalue weighted by atomic mass is 19.1. The smallest absolute Gasteiger partial charge is 0.241 e. The number of carbonyl (C=O) groups is 1. The second-order valence-electron chi connectivity index (χ2n) is 6.01. The van der Waals surface area contributed by atoms with Crippen LogP contribution in [0.5, 0.6) is 0 Å². The Morgan fingerprint density at radius 3 is 2.95 bits per heavy atom. The second kappa shape index (κ2) is 5.52. The molecule has 1 aromatic carbocycles. The molecule has 2 fully saturated rings. The molecule has 3 unspecified atom stereocenters. The third-order valence-corrected chi connectivity index (χ3v) is 4.70. The zero-order chi connectivity index (χ0) is 14.1. The van der Waals surface area contributed by atoms with E-state index in [-0.39, 0.29) is 17.8 Å². The van der Waals surface area contributed by atoms with Crippen LogP contribution in [0.2, 0.25) is 0 Å². The van der Waals surface area contributed by atoms with Crippen LogP contribution in [0.4, 0.5) is 10.1 Å². The van der Waals surface area contributed by atoms with Crippen molar-refractivity contribution in [2.75, 3.05) is 5.32 Å². The fraction of sp³-hybridized carbons (Fsp3) is 0.562. The van der Waals surface area contributed by atoms with Gasteiger partial charge in [-0.1, -0.05) is 18.9 Å². The summed E-state index contributed by atoms with van der Waals surface area (Å²) in [7, 11) is 0. The standard InChI is InChI=1S/C16H21FN2O/c1-10-12(17)6-4-8-13(10)19-16(20)15-9-11-5-2-3-7-14(11)18-15/h4,6,8,11,14-15,18H,2-3,5,7,9H2,1H3,(H,19,20). The lowest BCUT2D eigenvalue weighted by Gasteiger charge is -2.24. The van der Waals surface area contributed by atoms with Crippen molar-refractivity contribution in [3.63, 3.8) is 0 Å². The van der Waals surface area contributed by atoms with Gasteiger partial charge in [0.05, 0.1) is 6.04 Å². The monoisotopic (exact) mass is 276 g/mol. The predicted octanol–water partition coefficient (Wildman–Crippen LogP) is 2.99. The summed E-state index contributed by atoms with van der Waals surface area (Å²) in [5.41, 5.74) is 1.07. The van der Waals surface area contributed by atoms with Crippen LogP contribution in [0.1, 0.15) is 37.7 Å². The van der Waals surface area contributed by atoms with Crippen LogP contribution < -0.4 is 10.6 Å². The molecule has 1 aliphatic carbocycles. The molecule has 1 saturated carbocycles. The van der Waals surface area contributed by atoms with Crippen molar-refractivity contribution in [2.45, 2.75) is 51.1 Å². The number of hydrogen-bond donors (Lipinski definition) is 2. The average Bonchev–Trinajstić information content (AvgIpc) is 2.88. The second-order valence-corrected chi connectivity index (χ2v) is 6.01. The molecule has 1 aliphatic heterocycles. The molecule has 4 heteroatoms. The van der Waals surface area contributed by atoms with Crippen molar-refractivity contribution in [1.29, 1.82) is 0 Å². The van der Waals surface area contributed by atoms with Gasteiger partial charge in [0.15, 0.2) is 0 Å². The molecule has 0 bridgehead atoms. The van der Waals surface area contributed by atoms with Crippen molar-refractivity contribution < 1.29 is 9.18 Å². The zero-order valence-corrected chi connectivity index (χ0v) is 11.8. The quantitative estimate of drug-likeness (QED) is 0.872. The van der Waals surface area contributed by atoms with E-state index in [2.05, 4.69) is 10.6 Å². The Morgan fingerprint density at radius 2 is 2.15 bits per heavy atom. The van der Waals surface area contributed by atoms with E-state index in [0.717, 1.165) is 6.42 Å². The summed E-state index contributed by atoms with van der Waals surface area (Å²) < 4.78 is 13.5. The van der Waals surface area contributed by atoms with E-state index in [1.54, 1.807) is 19.1 Å². The first-order valence-electron chi connectivity index (χ1n) is 7.47. The number of carbonyl (C=O) groups excluding carboxylic acids is 1. The molecule has 3 atom stereocenters. The number of halogens is 1. The Bertz CT molecular complexity index is 503. The molecule has 1 saturated heterocycles. The molecule has 1 heterocycles. The summed E-state index contributed by atoms with van der Waals surface area (Å²) >= 11 is 0. The highest BCUT2D eigenvalue weighted by Crippen LogP contribution is 2.33. The first-order valence-corrected chi connectivity index (χ1v) is 7.47. The SMILES string of the molecule is Cc1c(F)cccc1NC(=O)C1CC2CCCCC2N1. The summed E-state index contributed by atoms with van der Waals surface area (Å²) in [4.78, 5) is 12.3. The van der Waals surface area contributed by atoms with Crippen molar-refractivity contribution in [1.82, 2.24) is 5.32 Å². The predicted molar refractivity (Wildman–Crippen MR) is 77.1 cm³/mol. The highest BCUT2D eigenvalue weighted by molar-refractivity contribution is 5.95. The van der Waals surface area contributed by atoms with Gasteiger partial charge in [0.1, 0.15) is 5.82 Å². The van der Waals surface area contributed by atoms with E-state index >= 15 is 0 Å². The van der Waals surface area contributed by atoms with Gasteiger partial charge in [-0.15, -0.1) is 0 Å². The van der Waals surface area contributed by atoms with Gasteiger partial charge in [-0.2, -0.15) is 0 Å². The van der Waals surface area contributed by atoms with Gasteiger partial charge in [0.25, 0.3) is 0 Å². The lowest BCUT2D eigenvalue weighted by molar-refractivity contribution is -0.117. The molecule has 3 nitrogen and oxygen atoms in total. The molecule has 2 aliphatic rings. The lowest BCUT2D eigenvalue weighted by atomic mass is 9.85. The van der Waals surface area contributed by atoms with Crippen LogP contribution >= 0.6 is 0 Å². The average molecular weight is 276 g/mol. The highest BCUT2D eigenvalue weighted by Gasteiger charge is 2.38. The fourth-order valence-corrected chi connectivity index (χ4v) is 3.48. The number of nitrogens with one attached hydrogen (secondary N) is 2. The molecule has 2 N–H and O–H groups in total. The van der Waals surface area contributed by atoms with Crippen LogP contribution in [-0.4, -0.2) is 18.0 Å². The van der Waals surface area contributed by atoms with E-state index in [4.69, 9.17) is 0 Å². The minimum Gasteiger partial charge on any atom is -0.324 e. The molecule has 1 aromatic rings. The summed E-state index contributed by atoms with van der Waals surface area (Å²) in [5.74, 6) is 0.317. The molecule has 0 spiro atoms. The van der Waals surface area contributed by atoms with E-state index < -0.39 is 0 Å². The minimum atomic E-state index is -0.282. The van der Waals surface area contributed by atoms with E-state index in [0.29, 0.717) is 23.2 Å².